The average Bonchev–Trinajstić information content (AvgIpc) is 2.43. The Morgan fingerprint density at radius 2 is 1.35 bits per heavy atom. The van der Waals surface area contributed by atoms with E-state index >= 15 is 0 Å². The molecule has 126 valence electrons. The zero-order valence-corrected chi connectivity index (χ0v) is 17.8. The lowest BCUT2D eigenvalue weighted by Crippen LogP contribution is -2.15. The average molecular weight is 343 g/mol. The number of hydrogen-bond acceptors (Lipinski definition) is 0. The zero-order chi connectivity index (χ0) is 17.3. The van der Waals surface area contributed by atoms with Gasteiger partial charge >= 0.3 is 0 Å². The largest absolute Gasteiger partial charge is 0.0989 e. The Labute approximate surface area is 146 Å². The van der Waals surface area contributed by atoms with E-state index in [9.17, 15) is 0 Å². The maximum atomic E-state index is 2.46. The summed E-state index contributed by atoms with van der Waals surface area (Å²) in [5.74, 6) is 0.490. The maximum absolute atomic E-state index is 2.46. The van der Waals surface area contributed by atoms with Crippen LogP contribution in [0.25, 0.3) is 0 Å². The molecule has 0 aromatic heterocycles. The molecule has 0 nitrogen and oxygen atoms in total. The summed E-state index contributed by atoms with van der Waals surface area (Å²) in [5, 5.41) is 0. The van der Waals surface area contributed by atoms with Gasteiger partial charge in [-0.2, -0.15) is 0 Å². The van der Waals surface area contributed by atoms with Crippen LogP contribution < -0.4 is 0 Å². The van der Waals surface area contributed by atoms with Crippen LogP contribution in [0.1, 0.15) is 24.3 Å². The van der Waals surface area contributed by atoms with Gasteiger partial charge in [-0.15, -0.1) is 0 Å². The van der Waals surface area contributed by atoms with E-state index in [-0.39, 0.29) is 0 Å². The van der Waals surface area contributed by atoms with Crippen LogP contribution in [0.3, 0.4) is 0 Å². The molecule has 0 radical (unpaired) electrons. The van der Waals surface area contributed by atoms with Gasteiger partial charge in [-0.3, -0.25) is 0 Å². The van der Waals surface area contributed by atoms with E-state index < -0.39 is 16.1 Å². The van der Waals surface area contributed by atoms with Crippen LogP contribution in [0.2, 0.25) is 39.3 Å². The fourth-order valence-corrected chi connectivity index (χ4v) is 4.02. The molecule has 0 spiro atoms. The highest BCUT2D eigenvalue weighted by molar-refractivity contribution is 6.81. The third kappa shape index (κ3) is 10.3. The number of rotatable bonds is 8. The van der Waals surface area contributed by atoms with Crippen LogP contribution in [-0.2, 0) is 0 Å². The Morgan fingerprint density at radius 1 is 0.783 bits per heavy atom. The molecule has 23 heavy (non-hydrogen) atoms. The van der Waals surface area contributed by atoms with Crippen molar-refractivity contribution in [3.8, 4) is 0 Å². The molecule has 1 aromatic carbocycles. The van der Waals surface area contributed by atoms with Gasteiger partial charge in [0.2, 0.25) is 0 Å². The van der Waals surface area contributed by atoms with Gasteiger partial charge in [0.25, 0.3) is 0 Å². The molecule has 1 unspecified atom stereocenters. The van der Waals surface area contributed by atoms with Crippen molar-refractivity contribution in [2.45, 2.75) is 58.0 Å². The number of benzene rings is 1. The lowest BCUT2D eigenvalue weighted by Gasteiger charge is -2.13. The smallest absolute Gasteiger partial charge is 0.0683 e. The quantitative estimate of drug-likeness (QED) is 0.353. The summed E-state index contributed by atoms with van der Waals surface area (Å²) in [4.78, 5) is 0. The third-order valence-corrected chi connectivity index (χ3v) is 5.97. The van der Waals surface area contributed by atoms with E-state index in [1.54, 1.807) is 0 Å². The van der Waals surface area contributed by atoms with Gasteiger partial charge in [0, 0.05) is 5.92 Å². The van der Waals surface area contributed by atoms with E-state index in [4.69, 9.17) is 0 Å². The van der Waals surface area contributed by atoms with E-state index in [0.717, 1.165) is 12.8 Å². The van der Waals surface area contributed by atoms with Crippen molar-refractivity contribution in [2.24, 2.45) is 0 Å². The van der Waals surface area contributed by atoms with Gasteiger partial charge in [0.05, 0.1) is 16.1 Å². The van der Waals surface area contributed by atoms with E-state index in [1.807, 2.05) is 0 Å². The summed E-state index contributed by atoms with van der Waals surface area (Å²) in [6.45, 7) is 14.3. The van der Waals surface area contributed by atoms with Crippen LogP contribution in [0.5, 0.6) is 0 Å². The van der Waals surface area contributed by atoms with Crippen molar-refractivity contribution in [2.75, 3.05) is 0 Å². The summed E-state index contributed by atoms with van der Waals surface area (Å²) in [5.41, 5.74) is 6.31. The first-order chi connectivity index (χ1) is 10.7. The van der Waals surface area contributed by atoms with Crippen molar-refractivity contribution in [1.29, 1.82) is 0 Å². The topological polar surface area (TPSA) is 0 Å². The van der Waals surface area contributed by atoms with Gasteiger partial charge in [-0.05, 0) is 18.4 Å². The van der Waals surface area contributed by atoms with Crippen LogP contribution in [0.4, 0.5) is 0 Å². The first-order valence-electron chi connectivity index (χ1n) is 8.74. The van der Waals surface area contributed by atoms with Crippen molar-refractivity contribution in [3.05, 3.63) is 71.6 Å². The molecule has 0 amide bonds. The van der Waals surface area contributed by atoms with Crippen molar-refractivity contribution in [1.82, 2.24) is 0 Å². The minimum atomic E-state index is -1.10. The molecule has 0 saturated carbocycles. The normalized spacial score (nSPS) is 15.0. The molecule has 0 aliphatic heterocycles. The van der Waals surface area contributed by atoms with Crippen LogP contribution in [0, 0.1) is 0 Å². The van der Waals surface area contributed by atoms with Crippen molar-refractivity contribution >= 4 is 16.1 Å². The van der Waals surface area contributed by atoms with Gasteiger partial charge in [0.1, 0.15) is 0 Å². The van der Waals surface area contributed by atoms with Crippen LogP contribution >= 0.6 is 0 Å². The summed E-state index contributed by atoms with van der Waals surface area (Å²) >= 11 is 0. The van der Waals surface area contributed by atoms with Crippen LogP contribution in [0.15, 0.2) is 66.0 Å². The predicted molar refractivity (Wildman–Crippen MR) is 113 cm³/mol. The first-order valence-corrected chi connectivity index (χ1v) is 15.9. The summed E-state index contributed by atoms with van der Waals surface area (Å²) in [7, 11) is -2.16. The molecule has 0 heterocycles. The maximum Gasteiger partial charge on any atom is 0.0683 e. The van der Waals surface area contributed by atoms with E-state index in [0.29, 0.717) is 5.92 Å². The fraction of sp³-hybridized carbons (Fsp3) is 0.429. The Kier molecular flexibility index (Phi) is 8.00. The lowest BCUT2D eigenvalue weighted by molar-refractivity contribution is 0.860. The van der Waals surface area contributed by atoms with Gasteiger partial charge in [0.15, 0.2) is 0 Å². The van der Waals surface area contributed by atoms with Crippen LogP contribution in [-0.4, -0.2) is 16.1 Å². The third-order valence-electron chi connectivity index (χ3n) is 3.49. The van der Waals surface area contributed by atoms with E-state index in [2.05, 4.69) is 105 Å². The minimum absolute atomic E-state index is 0.490. The SMILES string of the molecule is C[Si](C)(C)/C=C/C/C=C/C(C/C=C/[Si](C)(C)C)c1ccccc1. The molecule has 0 saturated heterocycles. The van der Waals surface area contributed by atoms with Gasteiger partial charge in [-0.1, -0.05) is 105 Å². The summed E-state index contributed by atoms with van der Waals surface area (Å²) in [6.07, 6.45) is 11.6. The Hall–Kier alpha value is -1.13. The lowest BCUT2D eigenvalue weighted by atomic mass is 9.95. The van der Waals surface area contributed by atoms with Gasteiger partial charge in [-0.25, -0.2) is 0 Å². The second-order valence-corrected chi connectivity index (χ2v) is 18.6. The highest BCUT2D eigenvalue weighted by atomic mass is 28.3. The molecule has 1 aromatic rings. The Morgan fingerprint density at radius 3 is 1.91 bits per heavy atom. The molecule has 2 heteroatoms. The molecular weight excluding hydrogens is 308 g/mol. The molecule has 1 atom stereocenters. The number of allylic oxidation sites excluding steroid dienone is 4. The standard InChI is InChI=1S/C21H34Si2/c1-22(2,3)18-12-8-11-16-21(17-13-19-23(4,5)6)20-14-9-7-10-15-20/h7,9-16,18-19,21H,8,17H2,1-6H3/b16-11+,18-12+,19-13+. The molecule has 1 rings (SSSR count). The predicted octanol–water partition coefficient (Wildman–Crippen LogP) is 6.97. The van der Waals surface area contributed by atoms with Gasteiger partial charge < -0.3 is 0 Å². The highest BCUT2D eigenvalue weighted by Crippen LogP contribution is 2.22. The van der Waals surface area contributed by atoms with Crippen molar-refractivity contribution in [3.63, 3.8) is 0 Å². The summed E-state index contributed by atoms with van der Waals surface area (Å²) < 4.78 is 0. The van der Waals surface area contributed by atoms with E-state index in [1.165, 1.54) is 5.56 Å². The fourth-order valence-electron chi connectivity index (χ4n) is 2.34. The second kappa shape index (κ2) is 9.24. The Bertz CT molecular complexity index is 525. The first kappa shape index (κ1) is 19.9. The molecule has 0 bridgehead atoms. The minimum Gasteiger partial charge on any atom is -0.0989 e. The molecule has 0 N–H and O–H groups in total. The van der Waals surface area contributed by atoms with Crippen molar-refractivity contribution < 1.29 is 0 Å². The monoisotopic (exact) mass is 342 g/mol. The molecule has 0 aliphatic carbocycles. The highest BCUT2D eigenvalue weighted by Gasteiger charge is 2.09. The zero-order valence-electron chi connectivity index (χ0n) is 15.8. The second-order valence-electron chi connectivity index (χ2n) is 8.45. The molecular formula is C21H34Si2. The summed E-state index contributed by atoms with van der Waals surface area (Å²) in [6, 6.07) is 10.9. The Balaban J connectivity index is 2.73. The molecule has 0 aliphatic rings. The molecule has 0 fully saturated rings. The number of hydrogen-bond donors (Lipinski definition) is 0.